The molecule has 0 radical (unpaired) electrons. The minimum atomic E-state index is -0.457. The lowest BCUT2D eigenvalue weighted by molar-refractivity contribution is -0.385. The number of benzene rings is 1. The first-order valence-corrected chi connectivity index (χ1v) is 7.21. The molecule has 2 rings (SSSR count). The summed E-state index contributed by atoms with van der Waals surface area (Å²) in [6, 6.07) is 4.73. The Hall–Kier alpha value is -1.66. The van der Waals surface area contributed by atoms with Crippen LogP contribution in [0.3, 0.4) is 0 Å². The van der Waals surface area contributed by atoms with Crippen LogP contribution in [0.25, 0.3) is 0 Å². The molecule has 6 nitrogen and oxygen atoms in total. The standard InChI is InChI=1S/C15H22N2O4/c1-21-13-7-11(6-12(8-13)17(19)20)9-15(10-16)5-3-2-4-14(15)18/h6-8,14,18H,2-5,9-10,16H2,1H3. The van der Waals surface area contributed by atoms with E-state index in [-0.39, 0.29) is 5.69 Å². The third kappa shape index (κ3) is 3.33. The highest BCUT2D eigenvalue weighted by molar-refractivity contribution is 5.43. The number of rotatable bonds is 5. The number of nitro benzene ring substituents is 1. The van der Waals surface area contributed by atoms with E-state index in [4.69, 9.17) is 10.5 Å². The molecule has 2 atom stereocenters. The van der Waals surface area contributed by atoms with Crippen molar-refractivity contribution in [2.45, 2.75) is 38.2 Å². The molecule has 0 bridgehead atoms. The van der Waals surface area contributed by atoms with Gasteiger partial charge in [0, 0.05) is 18.0 Å². The summed E-state index contributed by atoms with van der Waals surface area (Å²) in [7, 11) is 1.48. The highest BCUT2D eigenvalue weighted by Crippen LogP contribution is 2.39. The second-order valence-electron chi connectivity index (χ2n) is 5.80. The summed E-state index contributed by atoms with van der Waals surface area (Å²) < 4.78 is 5.13. The number of non-ortho nitro benzene ring substituents is 1. The van der Waals surface area contributed by atoms with E-state index in [2.05, 4.69) is 0 Å². The number of aliphatic hydroxyl groups is 1. The maximum Gasteiger partial charge on any atom is 0.273 e. The molecule has 0 aliphatic heterocycles. The van der Waals surface area contributed by atoms with Crippen LogP contribution in [0.4, 0.5) is 5.69 Å². The fourth-order valence-electron chi connectivity index (χ4n) is 3.18. The van der Waals surface area contributed by atoms with Crippen LogP contribution in [0.2, 0.25) is 0 Å². The van der Waals surface area contributed by atoms with E-state index in [9.17, 15) is 15.2 Å². The number of methoxy groups -OCH3 is 1. The minimum absolute atomic E-state index is 0.00169. The van der Waals surface area contributed by atoms with Gasteiger partial charge in [0.05, 0.1) is 24.2 Å². The molecule has 0 amide bonds. The Kier molecular flexibility index (Phi) is 4.80. The van der Waals surface area contributed by atoms with E-state index in [1.807, 2.05) is 0 Å². The van der Waals surface area contributed by atoms with Crippen molar-refractivity contribution in [2.75, 3.05) is 13.7 Å². The zero-order valence-corrected chi connectivity index (χ0v) is 12.2. The van der Waals surface area contributed by atoms with E-state index >= 15 is 0 Å². The molecule has 0 spiro atoms. The van der Waals surface area contributed by atoms with Gasteiger partial charge in [-0.3, -0.25) is 10.1 Å². The average molecular weight is 294 g/mol. The molecule has 116 valence electrons. The molecule has 1 aliphatic rings. The third-order valence-electron chi connectivity index (χ3n) is 4.47. The maximum absolute atomic E-state index is 11.0. The molecular weight excluding hydrogens is 272 g/mol. The summed E-state index contributed by atoms with van der Waals surface area (Å²) >= 11 is 0. The van der Waals surface area contributed by atoms with Crippen LogP contribution in [0.1, 0.15) is 31.2 Å². The van der Waals surface area contributed by atoms with Gasteiger partial charge < -0.3 is 15.6 Å². The van der Waals surface area contributed by atoms with E-state index in [1.165, 1.54) is 13.2 Å². The molecule has 0 saturated heterocycles. The van der Waals surface area contributed by atoms with Crippen LogP contribution in [0.15, 0.2) is 18.2 Å². The summed E-state index contributed by atoms with van der Waals surface area (Å²) in [5.74, 6) is 0.455. The quantitative estimate of drug-likeness (QED) is 0.639. The summed E-state index contributed by atoms with van der Waals surface area (Å²) in [5.41, 5.74) is 6.32. The molecule has 0 aromatic heterocycles. The zero-order chi connectivity index (χ0) is 15.5. The van der Waals surface area contributed by atoms with Gasteiger partial charge in [0.2, 0.25) is 0 Å². The van der Waals surface area contributed by atoms with E-state index < -0.39 is 16.4 Å². The van der Waals surface area contributed by atoms with Crippen molar-refractivity contribution >= 4 is 5.69 Å². The van der Waals surface area contributed by atoms with Crippen molar-refractivity contribution in [2.24, 2.45) is 11.1 Å². The van der Waals surface area contributed by atoms with E-state index in [1.54, 1.807) is 12.1 Å². The van der Waals surface area contributed by atoms with Crippen LogP contribution < -0.4 is 10.5 Å². The van der Waals surface area contributed by atoms with Crippen molar-refractivity contribution < 1.29 is 14.8 Å². The molecule has 1 aliphatic carbocycles. The summed E-state index contributed by atoms with van der Waals surface area (Å²) in [5, 5.41) is 21.3. The normalized spacial score (nSPS) is 25.6. The van der Waals surface area contributed by atoms with Crippen molar-refractivity contribution in [3.8, 4) is 5.75 Å². The molecule has 1 aromatic rings. The molecule has 1 fully saturated rings. The highest BCUT2D eigenvalue weighted by Gasteiger charge is 2.39. The van der Waals surface area contributed by atoms with Gasteiger partial charge in [-0.1, -0.05) is 12.8 Å². The first-order valence-electron chi connectivity index (χ1n) is 7.21. The number of nitrogens with zero attached hydrogens (tertiary/aromatic N) is 1. The van der Waals surface area contributed by atoms with E-state index in [0.717, 1.165) is 31.2 Å². The number of hydrogen-bond acceptors (Lipinski definition) is 5. The lowest BCUT2D eigenvalue weighted by Crippen LogP contribution is -2.45. The number of aliphatic hydroxyl groups excluding tert-OH is 1. The molecule has 1 aromatic carbocycles. The number of ether oxygens (including phenoxy) is 1. The van der Waals surface area contributed by atoms with Crippen LogP contribution >= 0.6 is 0 Å². The Morgan fingerprint density at radius 2 is 2.24 bits per heavy atom. The molecular formula is C15H22N2O4. The number of hydrogen-bond donors (Lipinski definition) is 2. The lowest BCUT2D eigenvalue weighted by atomic mass is 9.68. The maximum atomic E-state index is 11.0. The van der Waals surface area contributed by atoms with Gasteiger partial charge in [0.15, 0.2) is 0 Å². The van der Waals surface area contributed by atoms with Gasteiger partial charge >= 0.3 is 0 Å². The van der Waals surface area contributed by atoms with Crippen LogP contribution in [0, 0.1) is 15.5 Å². The number of nitrogens with two attached hydrogens (primary N) is 1. The Labute approximate surface area is 124 Å². The van der Waals surface area contributed by atoms with Crippen LogP contribution in [-0.4, -0.2) is 29.8 Å². The molecule has 1 saturated carbocycles. The molecule has 3 N–H and O–H groups in total. The molecule has 6 heteroatoms. The van der Waals surface area contributed by atoms with Gasteiger partial charge in [-0.25, -0.2) is 0 Å². The second-order valence-corrected chi connectivity index (χ2v) is 5.80. The van der Waals surface area contributed by atoms with Gasteiger partial charge in [-0.15, -0.1) is 0 Å². The Morgan fingerprint density at radius 1 is 1.48 bits per heavy atom. The summed E-state index contributed by atoms with van der Waals surface area (Å²) in [6.07, 6.45) is 3.69. The first kappa shape index (κ1) is 15.7. The van der Waals surface area contributed by atoms with Crippen LogP contribution in [-0.2, 0) is 6.42 Å². The van der Waals surface area contributed by atoms with Gasteiger partial charge in [0.25, 0.3) is 5.69 Å². The average Bonchev–Trinajstić information content (AvgIpc) is 2.49. The lowest BCUT2D eigenvalue weighted by Gasteiger charge is -2.41. The van der Waals surface area contributed by atoms with Gasteiger partial charge in [-0.05, 0) is 30.9 Å². The fraction of sp³-hybridized carbons (Fsp3) is 0.600. The highest BCUT2D eigenvalue weighted by atomic mass is 16.6. The first-order chi connectivity index (χ1) is 10.0. The number of nitro groups is 1. The van der Waals surface area contributed by atoms with E-state index in [0.29, 0.717) is 18.7 Å². The van der Waals surface area contributed by atoms with Crippen molar-refractivity contribution in [3.05, 3.63) is 33.9 Å². The smallest absolute Gasteiger partial charge is 0.273 e. The van der Waals surface area contributed by atoms with Gasteiger partial charge in [-0.2, -0.15) is 0 Å². The molecule has 0 heterocycles. The Balaban J connectivity index is 2.32. The SMILES string of the molecule is COc1cc(CC2(CN)CCCCC2O)cc([N+](=O)[O-])c1. The van der Waals surface area contributed by atoms with Crippen molar-refractivity contribution in [1.82, 2.24) is 0 Å². The zero-order valence-electron chi connectivity index (χ0n) is 12.2. The van der Waals surface area contributed by atoms with Crippen LogP contribution in [0.5, 0.6) is 5.75 Å². The summed E-state index contributed by atoms with van der Waals surface area (Å²) in [6.45, 7) is 0.374. The molecule has 21 heavy (non-hydrogen) atoms. The fourth-order valence-corrected chi connectivity index (χ4v) is 3.18. The third-order valence-corrected chi connectivity index (χ3v) is 4.47. The minimum Gasteiger partial charge on any atom is -0.496 e. The Morgan fingerprint density at radius 3 is 2.81 bits per heavy atom. The monoisotopic (exact) mass is 294 g/mol. The molecule has 2 unspecified atom stereocenters. The van der Waals surface area contributed by atoms with Crippen molar-refractivity contribution in [3.63, 3.8) is 0 Å². The topological polar surface area (TPSA) is 98.6 Å². The van der Waals surface area contributed by atoms with Gasteiger partial charge in [0.1, 0.15) is 5.75 Å². The Bertz CT molecular complexity index is 520. The predicted molar refractivity (Wildman–Crippen MR) is 79.3 cm³/mol. The summed E-state index contributed by atoms with van der Waals surface area (Å²) in [4.78, 5) is 10.6. The second kappa shape index (κ2) is 6.41. The largest absolute Gasteiger partial charge is 0.496 e. The van der Waals surface area contributed by atoms with Crippen molar-refractivity contribution in [1.29, 1.82) is 0 Å². The predicted octanol–water partition coefficient (Wildman–Crippen LogP) is 2.03.